The van der Waals surface area contributed by atoms with Crippen LogP contribution < -0.4 is 0 Å². The molecular weight excluding hydrogens is 865 g/mol. The van der Waals surface area contributed by atoms with Crippen LogP contribution in [0.5, 0.6) is 0 Å². The molecule has 0 aromatic heterocycles. The first-order valence-corrected chi connectivity index (χ1v) is 25.9. The Labute approximate surface area is 428 Å². The van der Waals surface area contributed by atoms with Crippen molar-refractivity contribution in [1.82, 2.24) is 0 Å². The zero-order valence-corrected chi connectivity index (χ0v) is 43.2. The third-order valence-electron chi connectivity index (χ3n) is 15.3. The van der Waals surface area contributed by atoms with E-state index >= 15 is 0 Å². The van der Waals surface area contributed by atoms with E-state index in [4.69, 9.17) is 0 Å². The fraction of sp³-hybridized carbons (Fsp3) is 0.167. The summed E-state index contributed by atoms with van der Waals surface area (Å²) in [6.07, 6.45) is 2.21. The Morgan fingerprint density at radius 1 is 0.222 bits per heavy atom. The van der Waals surface area contributed by atoms with Crippen LogP contribution in [-0.4, -0.2) is 0 Å². The predicted octanol–water partition coefficient (Wildman–Crippen LogP) is 18.7. The fourth-order valence-corrected chi connectivity index (χ4v) is 11.9. The van der Waals surface area contributed by atoms with Gasteiger partial charge in [-0.05, 0) is 168 Å². The summed E-state index contributed by atoms with van der Waals surface area (Å²) in [6.45, 7) is 17.3. The van der Waals surface area contributed by atoms with Gasteiger partial charge in [-0.1, -0.05) is 251 Å². The quantitative estimate of drug-likeness (QED) is 0.162. The van der Waals surface area contributed by atoms with Crippen LogP contribution in [0, 0.1) is 55.4 Å². The summed E-state index contributed by atoms with van der Waals surface area (Å²) in [7, 11) is 0. The first-order chi connectivity index (χ1) is 34.9. The van der Waals surface area contributed by atoms with Gasteiger partial charge in [-0.2, -0.15) is 0 Å². The lowest BCUT2D eigenvalue weighted by atomic mass is 9.88. The average Bonchev–Trinajstić information content (AvgIpc) is 4.11. The Morgan fingerprint density at radius 2 is 0.528 bits per heavy atom. The van der Waals surface area contributed by atoms with Crippen LogP contribution in [0.3, 0.4) is 0 Å². The lowest BCUT2D eigenvalue weighted by molar-refractivity contribution is 1.01. The number of aryl methyl sites for hydroxylation is 8. The summed E-state index contributed by atoms with van der Waals surface area (Å²) < 4.78 is 0. The van der Waals surface area contributed by atoms with Crippen molar-refractivity contribution >= 4 is 0 Å². The molecule has 10 aromatic rings. The van der Waals surface area contributed by atoms with E-state index in [2.05, 4.69) is 262 Å². The second-order valence-corrected chi connectivity index (χ2v) is 21.0. The van der Waals surface area contributed by atoms with Gasteiger partial charge in [-0.3, -0.25) is 0 Å². The smallest absolute Gasteiger partial charge is 0.0352 e. The van der Waals surface area contributed by atoms with Crippen LogP contribution in [-0.2, 0) is 12.8 Å². The zero-order valence-electron chi connectivity index (χ0n) is 43.2. The van der Waals surface area contributed by atoms with Crippen LogP contribution >= 0.6 is 0 Å². The Morgan fingerprint density at radius 3 is 0.944 bits per heavy atom. The molecule has 14 rings (SSSR count). The molecule has 0 saturated heterocycles. The Kier molecular flexibility index (Phi) is 12.6. The van der Waals surface area contributed by atoms with Gasteiger partial charge < -0.3 is 0 Å². The highest BCUT2D eigenvalue weighted by atomic mass is 14.3. The lowest BCUT2D eigenvalue weighted by Crippen LogP contribution is -1.99. The van der Waals surface area contributed by atoms with Crippen molar-refractivity contribution < 1.29 is 0 Å². The summed E-state index contributed by atoms with van der Waals surface area (Å²) in [5.74, 6) is 0.744. The van der Waals surface area contributed by atoms with Crippen molar-refractivity contribution in [3.05, 3.63) is 306 Å². The molecule has 0 heterocycles. The number of fused-ring (bicyclic) bond motifs is 12. The monoisotopic (exact) mass is 929 g/mol. The first-order valence-electron chi connectivity index (χ1n) is 25.9. The minimum Gasteiger partial charge on any atom is -0.0622 e. The zero-order chi connectivity index (χ0) is 49.6. The van der Waals surface area contributed by atoms with Gasteiger partial charge in [0.05, 0.1) is 0 Å². The molecule has 0 radical (unpaired) electrons. The Hall–Kier alpha value is -7.80. The van der Waals surface area contributed by atoms with Gasteiger partial charge in [0.15, 0.2) is 0 Å². The lowest BCUT2D eigenvalue weighted by Gasteiger charge is -2.15. The van der Waals surface area contributed by atoms with Crippen LogP contribution in [0.25, 0.3) is 44.5 Å². The van der Waals surface area contributed by atoms with Gasteiger partial charge in [0, 0.05) is 11.8 Å². The molecule has 0 unspecified atom stereocenters. The van der Waals surface area contributed by atoms with Crippen LogP contribution in [0.2, 0.25) is 0 Å². The molecular formula is C72H64. The van der Waals surface area contributed by atoms with E-state index in [-0.39, 0.29) is 0 Å². The Balaban J connectivity index is 0.000000105. The second-order valence-electron chi connectivity index (χ2n) is 21.0. The van der Waals surface area contributed by atoms with Crippen LogP contribution in [0.1, 0.15) is 112 Å². The average molecular weight is 929 g/mol. The summed E-state index contributed by atoms with van der Waals surface area (Å²) >= 11 is 0. The van der Waals surface area contributed by atoms with Crippen molar-refractivity contribution in [3.8, 4) is 44.5 Å². The largest absolute Gasteiger partial charge is 0.0622 e. The highest BCUT2D eigenvalue weighted by Crippen LogP contribution is 2.50. The van der Waals surface area contributed by atoms with Gasteiger partial charge in [-0.15, -0.1) is 0 Å². The van der Waals surface area contributed by atoms with E-state index in [9.17, 15) is 0 Å². The van der Waals surface area contributed by atoms with Gasteiger partial charge in [0.1, 0.15) is 0 Å². The van der Waals surface area contributed by atoms with E-state index < -0.39 is 0 Å². The number of hydrogen-bond acceptors (Lipinski definition) is 0. The van der Waals surface area contributed by atoms with Gasteiger partial charge >= 0.3 is 0 Å². The minimum atomic E-state index is 0.371. The van der Waals surface area contributed by atoms with Crippen LogP contribution in [0.15, 0.2) is 206 Å². The fourth-order valence-electron chi connectivity index (χ4n) is 11.9. The SMILES string of the molecule is Cc1ccc2c(c1)-c1cc(C)ccc1C2.Cc1ccc2c(c1)-c1cc(C)ccc1C2c1ccccc1.Cc1ccc2c(c1)C(c1ccccc1)c1cc(C)ccc1-2.Cc1ccc2c(c1)Cc1cc(C)ccc1-2. The van der Waals surface area contributed by atoms with Crippen molar-refractivity contribution in [3.63, 3.8) is 0 Å². The third kappa shape index (κ3) is 9.08. The standard InChI is InChI=1S/2C21H18.2C15H14/c1-14-8-10-17-19(12-14)20-13-15(2)9-11-18(20)21(17)16-6-4-3-5-7-16;1-14-8-10-17-18-11-9-15(2)13-20(18)21(19(17)12-14)16-6-4-3-5-7-16;1-10-3-5-14-12(7-10)9-13-8-11(2)4-6-15(13)14;1-10-3-5-12-9-13-6-4-11(2)8-15(13)14(12)7-10/h2*3-13,21H,1-2H3;2*3-8H,9H2,1-2H3. The highest BCUT2D eigenvalue weighted by Gasteiger charge is 2.31. The van der Waals surface area contributed by atoms with E-state index in [1.807, 2.05) is 0 Å². The van der Waals surface area contributed by atoms with Crippen molar-refractivity contribution in [2.75, 3.05) is 0 Å². The van der Waals surface area contributed by atoms with Gasteiger partial charge in [0.2, 0.25) is 0 Å². The number of benzene rings is 10. The summed E-state index contributed by atoms with van der Waals surface area (Å²) in [6, 6.07) is 76.2. The molecule has 4 aliphatic rings. The van der Waals surface area contributed by atoms with Crippen molar-refractivity contribution in [1.29, 1.82) is 0 Å². The molecule has 0 heteroatoms. The molecule has 72 heavy (non-hydrogen) atoms. The summed E-state index contributed by atoms with van der Waals surface area (Å²) in [5.41, 5.74) is 36.5. The molecule has 0 fully saturated rings. The molecule has 0 amide bonds. The van der Waals surface area contributed by atoms with Crippen molar-refractivity contribution in [2.45, 2.75) is 80.1 Å². The van der Waals surface area contributed by atoms with Gasteiger partial charge in [-0.25, -0.2) is 0 Å². The molecule has 4 aliphatic carbocycles. The normalized spacial score (nSPS) is 12.8. The number of hydrogen-bond donors (Lipinski definition) is 0. The topological polar surface area (TPSA) is 0 Å². The van der Waals surface area contributed by atoms with Gasteiger partial charge in [0.25, 0.3) is 0 Å². The summed E-state index contributed by atoms with van der Waals surface area (Å²) in [5, 5.41) is 0. The molecule has 10 aromatic carbocycles. The van der Waals surface area contributed by atoms with Crippen LogP contribution in [0.4, 0.5) is 0 Å². The second kappa shape index (κ2) is 19.4. The summed E-state index contributed by atoms with van der Waals surface area (Å²) in [4.78, 5) is 0. The molecule has 352 valence electrons. The highest BCUT2D eigenvalue weighted by molar-refractivity contribution is 5.83. The molecule has 0 aliphatic heterocycles. The maximum absolute atomic E-state index is 2.35. The molecule has 0 atom stereocenters. The third-order valence-corrected chi connectivity index (χ3v) is 15.3. The molecule has 0 saturated carbocycles. The van der Waals surface area contributed by atoms with E-state index in [1.54, 1.807) is 0 Å². The first kappa shape index (κ1) is 46.6. The minimum absolute atomic E-state index is 0.371. The van der Waals surface area contributed by atoms with Crippen molar-refractivity contribution in [2.24, 2.45) is 0 Å². The van der Waals surface area contributed by atoms with E-state index in [1.165, 1.54) is 145 Å². The molecule has 0 N–H and O–H groups in total. The predicted molar refractivity (Wildman–Crippen MR) is 306 cm³/mol. The maximum atomic E-state index is 2.35. The van der Waals surface area contributed by atoms with E-state index in [0.29, 0.717) is 11.8 Å². The van der Waals surface area contributed by atoms with E-state index in [0.717, 1.165) is 12.8 Å². The molecule has 0 bridgehead atoms. The number of rotatable bonds is 2. The molecule has 0 spiro atoms. The Bertz CT molecular complexity index is 3460. The maximum Gasteiger partial charge on any atom is 0.0352 e. The molecule has 0 nitrogen and oxygen atoms in total.